The van der Waals surface area contributed by atoms with E-state index in [4.69, 9.17) is 5.73 Å². The van der Waals surface area contributed by atoms with E-state index in [1.54, 1.807) is 6.20 Å². The number of benzene rings is 1. The lowest BCUT2D eigenvalue weighted by atomic mass is 10.2. The molecule has 0 fully saturated rings. The Labute approximate surface area is 99.3 Å². The van der Waals surface area contributed by atoms with Gasteiger partial charge in [0.05, 0.1) is 18.4 Å². The lowest BCUT2D eigenvalue weighted by molar-refractivity contribution is 0.543. The van der Waals surface area contributed by atoms with Crippen LogP contribution in [0.3, 0.4) is 0 Å². The van der Waals surface area contributed by atoms with Gasteiger partial charge in [0, 0.05) is 24.5 Å². The summed E-state index contributed by atoms with van der Waals surface area (Å²) in [5.41, 5.74) is 7.60. The summed E-state index contributed by atoms with van der Waals surface area (Å²) in [6, 6.07) is 10.5. The number of aromatic nitrogens is 3. The van der Waals surface area contributed by atoms with E-state index in [9.17, 15) is 0 Å². The van der Waals surface area contributed by atoms with Crippen molar-refractivity contribution in [3.05, 3.63) is 48.9 Å². The van der Waals surface area contributed by atoms with Gasteiger partial charge in [0.25, 0.3) is 0 Å². The zero-order valence-electron chi connectivity index (χ0n) is 9.45. The number of nitrogens with zero attached hydrogens (tertiary/aromatic N) is 3. The molecule has 2 heterocycles. The number of para-hydroxylation sites is 1. The molecule has 0 spiro atoms. The van der Waals surface area contributed by atoms with E-state index in [2.05, 4.69) is 46.2 Å². The Morgan fingerprint density at radius 2 is 2.00 bits per heavy atom. The molecule has 1 aromatic carbocycles. The molecule has 17 heavy (non-hydrogen) atoms. The van der Waals surface area contributed by atoms with Crippen molar-refractivity contribution in [2.24, 2.45) is 0 Å². The van der Waals surface area contributed by atoms with Crippen LogP contribution in [0.5, 0.6) is 0 Å². The normalized spacial score (nSPS) is 11.1. The molecule has 0 aliphatic heterocycles. The topological polar surface area (TPSA) is 48.8 Å². The molecular formula is C13H14N4. The largest absolute Gasteiger partial charge is 0.396 e. The zero-order chi connectivity index (χ0) is 11.7. The van der Waals surface area contributed by atoms with Crippen LogP contribution in [0.15, 0.2) is 48.9 Å². The Morgan fingerprint density at radius 3 is 2.82 bits per heavy atom. The van der Waals surface area contributed by atoms with E-state index >= 15 is 0 Å². The van der Waals surface area contributed by atoms with Gasteiger partial charge in [-0.1, -0.05) is 18.2 Å². The number of aryl methyl sites for hydroxylation is 2. The van der Waals surface area contributed by atoms with Gasteiger partial charge in [0.1, 0.15) is 0 Å². The molecule has 0 unspecified atom stereocenters. The van der Waals surface area contributed by atoms with Gasteiger partial charge in [-0.3, -0.25) is 4.68 Å². The highest BCUT2D eigenvalue weighted by Gasteiger charge is 2.00. The summed E-state index contributed by atoms with van der Waals surface area (Å²) < 4.78 is 4.09. The smallest absolute Gasteiger partial charge is 0.0719 e. The summed E-state index contributed by atoms with van der Waals surface area (Å²) in [5.74, 6) is 0. The maximum Gasteiger partial charge on any atom is 0.0719 e. The summed E-state index contributed by atoms with van der Waals surface area (Å²) >= 11 is 0. The highest BCUT2D eigenvalue weighted by molar-refractivity contribution is 5.79. The Balaban J connectivity index is 1.81. The van der Waals surface area contributed by atoms with E-state index in [1.165, 1.54) is 10.9 Å². The molecular weight excluding hydrogens is 212 g/mol. The minimum atomic E-state index is 0.711. The van der Waals surface area contributed by atoms with Gasteiger partial charge in [0.15, 0.2) is 0 Å². The average molecular weight is 226 g/mol. The molecule has 2 aromatic heterocycles. The zero-order valence-corrected chi connectivity index (χ0v) is 9.45. The molecule has 0 bridgehead atoms. The number of fused-ring (bicyclic) bond motifs is 1. The van der Waals surface area contributed by atoms with Crippen molar-refractivity contribution in [3.8, 4) is 0 Å². The molecule has 86 valence electrons. The molecule has 0 atom stereocenters. The highest BCUT2D eigenvalue weighted by Crippen LogP contribution is 2.15. The maximum absolute atomic E-state index is 5.63. The number of nitrogens with two attached hydrogens (primary N) is 1. The molecule has 0 aliphatic carbocycles. The van der Waals surface area contributed by atoms with Crippen LogP contribution < -0.4 is 5.73 Å². The average Bonchev–Trinajstić information content (AvgIpc) is 2.93. The minimum Gasteiger partial charge on any atom is -0.396 e. The van der Waals surface area contributed by atoms with Crippen LogP contribution in [0.1, 0.15) is 0 Å². The van der Waals surface area contributed by atoms with Crippen molar-refractivity contribution < 1.29 is 0 Å². The Hall–Kier alpha value is -2.23. The number of anilines is 1. The number of hydrogen-bond acceptors (Lipinski definition) is 2. The number of nitrogen functional groups attached to an aromatic ring is 1. The van der Waals surface area contributed by atoms with Crippen molar-refractivity contribution in [2.75, 3.05) is 5.73 Å². The molecule has 0 aliphatic rings. The Kier molecular flexibility index (Phi) is 2.33. The second kappa shape index (κ2) is 3.97. The van der Waals surface area contributed by atoms with Crippen LogP contribution in [0.4, 0.5) is 5.69 Å². The van der Waals surface area contributed by atoms with Crippen LogP contribution in [-0.4, -0.2) is 14.3 Å². The third-order valence-electron chi connectivity index (χ3n) is 2.90. The third kappa shape index (κ3) is 1.89. The van der Waals surface area contributed by atoms with E-state index in [0.29, 0.717) is 5.69 Å². The summed E-state index contributed by atoms with van der Waals surface area (Å²) in [5, 5.41) is 5.44. The Morgan fingerprint density at radius 1 is 1.12 bits per heavy atom. The minimum absolute atomic E-state index is 0.711. The maximum atomic E-state index is 5.63. The van der Waals surface area contributed by atoms with Crippen molar-refractivity contribution in [2.45, 2.75) is 13.1 Å². The van der Waals surface area contributed by atoms with Crippen molar-refractivity contribution in [1.82, 2.24) is 14.3 Å². The van der Waals surface area contributed by atoms with Crippen LogP contribution in [0.25, 0.3) is 10.9 Å². The predicted octanol–water partition coefficient (Wildman–Crippen LogP) is 2.12. The van der Waals surface area contributed by atoms with E-state index < -0.39 is 0 Å². The first-order chi connectivity index (χ1) is 8.33. The lowest BCUT2D eigenvalue weighted by Gasteiger charge is -2.05. The van der Waals surface area contributed by atoms with Crippen molar-refractivity contribution in [1.29, 1.82) is 0 Å². The fourth-order valence-electron chi connectivity index (χ4n) is 2.05. The molecule has 2 N–H and O–H groups in total. The van der Waals surface area contributed by atoms with Crippen molar-refractivity contribution >= 4 is 16.6 Å². The van der Waals surface area contributed by atoms with Gasteiger partial charge in [-0.15, -0.1) is 0 Å². The van der Waals surface area contributed by atoms with E-state index in [-0.39, 0.29) is 0 Å². The summed E-state index contributed by atoms with van der Waals surface area (Å²) in [6.45, 7) is 1.73. The fraction of sp³-hybridized carbons (Fsp3) is 0.154. The summed E-state index contributed by atoms with van der Waals surface area (Å²) in [4.78, 5) is 0. The quantitative estimate of drug-likeness (QED) is 0.743. The van der Waals surface area contributed by atoms with Gasteiger partial charge in [-0.25, -0.2) is 0 Å². The molecule has 3 rings (SSSR count). The Bertz CT molecular complexity index is 635. The predicted molar refractivity (Wildman–Crippen MR) is 68.6 cm³/mol. The van der Waals surface area contributed by atoms with Crippen LogP contribution in [0, 0.1) is 0 Å². The number of rotatable bonds is 3. The molecule has 4 nitrogen and oxygen atoms in total. The van der Waals surface area contributed by atoms with Crippen LogP contribution in [0.2, 0.25) is 0 Å². The van der Waals surface area contributed by atoms with Crippen molar-refractivity contribution in [3.63, 3.8) is 0 Å². The molecule has 0 saturated carbocycles. The molecule has 3 aromatic rings. The second-order valence-corrected chi connectivity index (χ2v) is 4.10. The summed E-state index contributed by atoms with van der Waals surface area (Å²) in [6.07, 6.45) is 5.64. The SMILES string of the molecule is Nc1cnn(CCn2ccc3ccccc32)c1. The van der Waals surface area contributed by atoms with Gasteiger partial charge in [-0.05, 0) is 17.5 Å². The van der Waals surface area contributed by atoms with Gasteiger partial charge in [-0.2, -0.15) is 5.10 Å². The standard InChI is InChI=1S/C13H14N4/c14-12-9-15-17(10-12)8-7-16-6-5-11-3-1-2-4-13(11)16/h1-6,9-10H,7-8,14H2. The first-order valence-electron chi connectivity index (χ1n) is 5.65. The molecule has 0 saturated heterocycles. The van der Waals surface area contributed by atoms with E-state index in [1.807, 2.05) is 10.9 Å². The number of hydrogen-bond donors (Lipinski definition) is 1. The molecule has 0 amide bonds. The van der Waals surface area contributed by atoms with E-state index in [0.717, 1.165) is 13.1 Å². The van der Waals surface area contributed by atoms with Crippen LogP contribution in [-0.2, 0) is 13.1 Å². The van der Waals surface area contributed by atoms with Gasteiger partial charge < -0.3 is 10.3 Å². The van der Waals surface area contributed by atoms with Crippen LogP contribution >= 0.6 is 0 Å². The summed E-state index contributed by atoms with van der Waals surface area (Å²) in [7, 11) is 0. The molecule has 4 heteroatoms. The fourth-order valence-corrected chi connectivity index (χ4v) is 2.05. The monoisotopic (exact) mass is 226 g/mol. The first kappa shape index (κ1) is 9.96. The molecule has 0 radical (unpaired) electrons. The third-order valence-corrected chi connectivity index (χ3v) is 2.90. The lowest BCUT2D eigenvalue weighted by Crippen LogP contribution is -2.06. The second-order valence-electron chi connectivity index (χ2n) is 4.10. The van der Waals surface area contributed by atoms with Gasteiger partial charge >= 0.3 is 0 Å². The first-order valence-corrected chi connectivity index (χ1v) is 5.65. The van der Waals surface area contributed by atoms with Gasteiger partial charge in [0.2, 0.25) is 0 Å². The highest BCUT2D eigenvalue weighted by atomic mass is 15.3.